The number of aliphatic carboxylic acids is 1. The number of carboxylic acid groups (broad SMARTS) is 1. The fourth-order valence-corrected chi connectivity index (χ4v) is 2.31. The van der Waals surface area contributed by atoms with Crippen molar-refractivity contribution >= 4 is 23.8 Å². The van der Waals surface area contributed by atoms with Gasteiger partial charge in [-0.15, -0.1) is 0 Å². The van der Waals surface area contributed by atoms with Gasteiger partial charge in [0.25, 0.3) is 5.91 Å². The smallest absolute Gasteiger partial charge is 0.325 e. The minimum atomic E-state index is -1.10. The lowest BCUT2D eigenvalue weighted by Crippen LogP contribution is -2.50. The van der Waals surface area contributed by atoms with Gasteiger partial charge in [0.15, 0.2) is 0 Å². The number of carbonyl (C=O) groups excluding carboxylic acids is 3. The van der Waals surface area contributed by atoms with E-state index in [2.05, 4.69) is 10.6 Å². The number of hydrogen-bond donors (Lipinski definition) is 3. The largest absolute Gasteiger partial charge is 0.481 e. The van der Waals surface area contributed by atoms with Crippen molar-refractivity contribution in [1.29, 1.82) is 0 Å². The number of hydrogen-bond acceptors (Lipinski definition) is 4. The highest BCUT2D eigenvalue weighted by Crippen LogP contribution is 2.26. The third-order valence-electron chi connectivity index (χ3n) is 4.43. The second kappa shape index (κ2) is 6.33. The van der Waals surface area contributed by atoms with Gasteiger partial charge < -0.3 is 15.3 Å². The zero-order chi connectivity index (χ0) is 17.1. The van der Waals surface area contributed by atoms with Crippen molar-refractivity contribution < 1.29 is 24.3 Å². The molecule has 8 nitrogen and oxygen atoms in total. The first-order valence-electron chi connectivity index (χ1n) is 7.24. The van der Waals surface area contributed by atoms with E-state index in [0.29, 0.717) is 12.8 Å². The van der Waals surface area contributed by atoms with Crippen LogP contribution in [0.2, 0.25) is 0 Å². The molecular formula is C14H23N3O5. The molecule has 22 heavy (non-hydrogen) atoms. The van der Waals surface area contributed by atoms with Crippen molar-refractivity contribution in [2.75, 3.05) is 13.1 Å². The van der Waals surface area contributed by atoms with Crippen LogP contribution in [0.15, 0.2) is 0 Å². The van der Waals surface area contributed by atoms with Gasteiger partial charge in [0.05, 0.1) is 5.41 Å². The Bertz CT molecular complexity index is 497. The molecule has 8 heteroatoms. The van der Waals surface area contributed by atoms with Crippen molar-refractivity contribution in [3.05, 3.63) is 0 Å². The number of imide groups is 1. The number of carboxylic acids is 1. The Morgan fingerprint density at radius 2 is 1.82 bits per heavy atom. The molecule has 0 atom stereocenters. The van der Waals surface area contributed by atoms with Crippen molar-refractivity contribution in [3.8, 4) is 0 Å². The quantitative estimate of drug-likeness (QED) is 0.586. The number of carbonyl (C=O) groups is 4. The zero-order valence-corrected chi connectivity index (χ0v) is 13.4. The van der Waals surface area contributed by atoms with E-state index in [4.69, 9.17) is 0 Å². The summed E-state index contributed by atoms with van der Waals surface area (Å²) in [6.45, 7) is 6.27. The van der Waals surface area contributed by atoms with E-state index in [1.54, 1.807) is 27.7 Å². The Morgan fingerprint density at radius 1 is 1.27 bits per heavy atom. The summed E-state index contributed by atoms with van der Waals surface area (Å²) >= 11 is 0. The fourth-order valence-electron chi connectivity index (χ4n) is 2.31. The monoisotopic (exact) mass is 313 g/mol. The van der Waals surface area contributed by atoms with Crippen LogP contribution in [0, 0.1) is 5.41 Å². The molecule has 0 saturated carbocycles. The highest BCUT2D eigenvalue weighted by molar-refractivity contribution is 6.07. The van der Waals surface area contributed by atoms with Gasteiger partial charge in [-0.3, -0.25) is 19.7 Å². The standard InChI is InChI=1S/C14H23N3O5/c1-5-14(6-2,11(20)21)8-15-9(18)7-17-12(22)16-10(19)13(17,3)4/h5-8H2,1-4H3,(H,15,18)(H,20,21)(H,16,19,22). The minimum Gasteiger partial charge on any atom is -0.481 e. The lowest BCUT2D eigenvalue weighted by molar-refractivity contribution is -0.149. The molecule has 1 saturated heterocycles. The minimum absolute atomic E-state index is 0.0159. The summed E-state index contributed by atoms with van der Waals surface area (Å²) in [6.07, 6.45) is 0.764. The topological polar surface area (TPSA) is 116 Å². The second-order valence-corrected chi connectivity index (χ2v) is 5.97. The average molecular weight is 313 g/mol. The van der Waals surface area contributed by atoms with Gasteiger partial charge in [-0.25, -0.2) is 4.79 Å². The summed E-state index contributed by atoms with van der Waals surface area (Å²) in [4.78, 5) is 47.8. The van der Waals surface area contributed by atoms with Crippen LogP contribution in [-0.2, 0) is 14.4 Å². The summed E-state index contributed by atoms with van der Waals surface area (Å²) in [7, 11) is 0. The lowest BCUT2D eigenvalue weighted by atomic mass is 9.82. The Morgan fingerprint density at radius 3 is 2.18 bits per heavy atom. The van der Waals surface area contributed by atoms with Crippen LogP contribution in [0.1, 0.15) is 40.5 Å². The highest BCUT2D eigenvalue weighted by atomic mass is 16.4. The third-order valence-corrected chi connectivity index (χ3v) is 4.43. The van der Waals surface area contributed by atoms with E-state index in [-0.39, 0.29) is 13.1 Å². The van der Waals surface area contributed by atoms with Crippen molar-refractivity contribution in [2.24, 2.45) is 5.41 Å². The fraction of sp³-hybridized carbons (Fsp3) is 0.714. The molecule has 0 aromatic rings. The molecule has 1 fully saturated rings. The number of rotatable bonds is 7. The van der Waals surface area contributed by atoms with Gasteiger partial charge in [0.1, 0.15) is 12.1 Å². The second-order valence-electron chi connectivity index (χ2n) is 5.97. The predicted molar refractivity (Wildman–Crippen MR) is 78.0 cm³/mol. The molecular weight excluding hydrogens is 290 g/mol. The van der Waals surface area contributed by atoms with Crippen molar-refractivity contribution in [1.82, 2.24) is 15.5 Å². The van der Waals surface area contributed by atoms with E-state index >= 15 is 0 Å². The van der Waals surface area contributed by atoms with Gasteiger partial charge in [-0.2, -0.15) is 0 Å². The molecule has 1 heterocycles. The highest BCUT2D eigenvalue weighted by Gasteiger charge is 2.46. The van der Waals surface area contributed by atoms with Crippen LogP contribution >= 0.6 is 0 Å². The Hall–Kier alpha value is -2.12. The molecule has 0 aromatic heterocycles. The Labute approximate surface area is 129 Å². The van der Waals surface area contributed by atoms with Crippen LogP contribution in [0.5, 0.6) is 0 Å². The van der Waals surface area contributed by atoms with Gasteiger partial charge in [0.2, 0.25) is 5.91 Å². The van der Waals surface area contributed by atoms with Gasteiger partial charge in [-0.05, 0) is 26.7 Å². The van der Waals surface area contributed by atoms with Crippen LogP contribution in [0.4, 0.5) is 4.79 Å². The molecule has 0 radical (unpaired) electrons. The van der Waals surface area contributed by atoms with E-state index < -0.39 is 34.8 Å². The van der Waals surface area contributed by atoms with E-state index in [1.807, 2.05) is 0 Å². The first-order valence-corrected chi connectivity index (χ1v) is 7.24. The molecule has 0 aromatic carbocycles. The third kappa shape index (κ3) is 3.20. The summed E-state index contributed by atoms with van der Waals surface area (Å²) in [5.74, 6) is -1.93. The van der Waals surface area contributed by atoms with Gasteiger partial charge >= 0.3 is 12.0 Å². The molecule has 0 aliphatic carbocycles. The summed E-state index contributed by atoms with van der Waals surface area (Å²) in [5, 5.41) is 14.0. The molecule has 1 aliphatic rings. The first kappa shape index (κ1) is 17.9. The molecule has 4 amide bonds. The molecule has 124 valence electrons. The summed E-state index contributed by atoms with van der Waals surface area (Å²) in [6, 6.07) is -0.624. The molecule has 0 unspecified atom stereocenters. The van der Waals surface area contributed by atoms with E-state index in [1.165, 1.54) is 0 Å². The normalized spacial score (nSPS) is 17.4. The number of urea groups is 1. The van der Waals surface area contributed by atoms with Crippen LogP contribution in [-0.4, -0.2) is 52.4 Å². The number of nitrogens with one attached hydrogen (secondary N) is 2. The zero-order valence-electron chi connectivity index (χ0n) is 13.4. The maximum atomic E-state index is 12.0. The molecule has 1 aliphatic heterocycles. The summed E-state index contributed by atoms with van der Waals surface area (Å²) < 4.78 is 0. The van der Waals surface area contributed by atoms with Crippen LogP contribution in [0.25, 0.3) is 0 Å². The van der Waals surface area contributed by atoms with Gasteiger partial charge in [0, 0.05) is 6.54 Å². The predicted octanol–water partition coefficient (Wildman–Crippen LogP) is 0.324. The lowest BCUT2D eigenvalue weighted by Gasteiger charge is -2.29. The Kier molecular flexibility index (Phi) is 5.16. The van der Waals surface area contributed by atoms with Crippen LogP contribution in [0.3, 0.4) is 0 Å². The molecule has 3 N–H and O–H groups in total. The van der Waals surface area contributed by atoms with Gasteiger partial charge in [-0.1, -0.05) is 13.8 Å². The Balaban J connectivity index is 2.69. The molecule has 0 spiro atoms. The summed E-state index contributed by atoms with van der Waals surface area (Å²) in [5.41, 5.74) is -2.12. The molecule has 1 rings (SSSR count). The first-order chi connectivity index (χ1) is 10.1. The van der Waals surface area contributed by atoms with E-state index in [9.17, 15) is 24.3 Å². The average Bonchev–Trinajstić information content (AvgIpc) is 2.63. The number of nitrogens with zero attached hydrogens (tertiary/aromatic N) is 1. The van der Waals surface area contributed by atoms with E-state index in [0.717, 1.165) is 4.90 Å². The number of amides is 4. The van der Waals surface area contributed by atoms with Crippen molar-refractivity contribution in [3.63, 3.8) is 0 Å². The maximum absolute atomic E-state index is 12.0. The maximum Gasteiger partial charge on any atom is 0.325 e. The van der Waals surface area contributed by atoms with Crippen LogP contribution < -0.4 is 10.6 Å². The molecule has 0 bridgehead atoms. The SMILES string of the molecule is CCC(CC)(CNC(=O)CN1C(=O)NC(=O)C1(C)C)C(=O)O. The van der Waals surface area contributed by atoms with Crippen molar-refractivity contribution in [2.45, 2.75) is 46.1 Å².